The van der Waals surface area contributed by atoms with Gasteiger partial charge in [0, 0.05) is 18.3 Å². The van der Waals surface area contributed by atoms with Gasteiger partial charge in [-0.25, -0.2) is 4.79 Å². The van der Waals surface area contributed by atoms with Crippen molar-refractivity contribution in [2.75, 3.05) is 7.11 Å². The van der Waals surface area contributed by atoms with Gasteiger partial charge in [-0.05, 0) is 25.5 Å². The second-order valence-corrected chi connectivity index (χ2v) is 4.65. The predicted octanol–water partition coefficient (Wildman–Crippen LogP) is 2.49. The van der Waals surface area contributed by atoms with Crippen LogP contribution in [0.4, 0.5) is 4.79 Å². The SMILES string of the molecule is COC(=O)OCc1c(C)n(C)c2c(O)cc(C)c(O)c12. The number of carbonyl (C=O) groups excluding carboxylic acids is 1. The van der Waals surface area contributed by atoms with Crippen molar-refractivity contribution in [2.45, 2.75) is 20.5 Å². The Kier molecular flexibility index (Phi) is 3.48. The molecule has 0 radical (unpaired) electrons. The Bertz CT molecular complexity index is 687. The van der Waals surface area contributed by atoms with Gasteiger partial charge in [-0.15, -0.1) is 0 Å². The summed E-state index contributed by atoms with van der Waals surface area (Å²) in [4.78, 5) is 11.1. The molecule has 1 heterocycles. The van der Waals surface area contributed by atoms with Crippen LogP contribution in [0.15, 0.2) is 6.07 Å². The van der Waals surface area contributed by atoms with Gasteiger partial charge >= 0.3 is 6.16 Å². The number of benzene rings is 1. The van der Waals surface area contributed by atoms with E-state index < -0.39 is 6.16 Å². The predicted molar refractivity (Wildman–Crippen MR) is 72.9 cm³/mol. The standard InChI is InChI=1S/C14H17NO5/c1-7-5-10(16)12-11(13(7)17)9(8(2)15(12)3)6-20-14(18)19-4/h5,16-17H,6H2,1-4H3. The Hall–Kier alpha value is -2.37. The molecule has 1 aromatic carbocycles. The van der Waals surface area contributed by atoms with Gasteiger partial charge in [0.1, 0.15) is 18.1 Å². The Morgan fingerprint density at radius 1 is 1.35 bits per heavy atom. The summed E-state index contributed by atoms with van der Waals surface area (Å²) in [7, 11) is 3.00. The summed E-state index contributed by atoms with van der Waals surface area (Å²) in [6.07, 6.45) is -0.794. The molecule has 0 saturated carbocycles. The van der Waals surface area contributed by atoms with Crippen molar-refractivity contribution in [3.8, 4) is 11.5 Å². The lowest BCUT2D eigenvalue weighted by Gasteiger charge is -2.06. The first-order valence-corrected chi connectivity index (χ1v) is 6.08. The number of rotatable bonds is 2. The fourth-order valence-corrected chi connectivity index (χ4v) is 2.32. The maximum atomic E-state index is 11.1. The van der Waals surface area contributed by atoms with Crippen molar-refractivity contribution >= 4 is 17.1 Å². The molecule has 20 heavy (non-hydrogen) atoms. The first-order chi connectivity index (χ1) is 9.38. The number of hydrogen-bond donors (Lipinski definition) is 2. The van der Waals surface area contributed by atoms with Gasteiger partial charge in [-0.1, -0.05) is 0 Å². The summed E-state index contributed by atoms with van der Waals surface area (Å²) in [5.41, 5.74) is 2.50. The van der Waals surface area contributed by atoms with Gasteiger partial charge in [-0.2, -0.15) is 0 Å². The van der Waals surface area contributed by atoms with Gasteiger partial charge in [0.15, 0.2) is 0 Å². The van der Waals surface area contributed by atoms with E-state index in [1.807, 2.05) is 6.92 Å². The fourth-order valence-electron chi connectivity index (χ4n) is 2.32. The first-order valence-electron chi connectivity index (χ1n) is 6.08. The quantitative estimate of drug-likeness (QED) is 0.652. The average molecular weight is 279 g/mol. The molecule has 6 nitrogen and oxygen atoms in total. The topological polar surface area (TPSA) is 80.9 Å². The van der Waals surface area contributed by atoms with Gasteiger partial charge in [0.25, 0.3) is 0 Å². The molecular weight excluding hydrogens is 262 g/mol. The molecule has 0 amide bonds. The number of phenols is 2. The van der Waals surface area contributed by atoms with Gasteiger partial charge < -0.3 is 24.3 Å². The van der Waals surface area contributed by atoms with Crippen LogP contribution in [-0.4, -0.2) is 28.0 Å². The molecule has 0 aliphatic rings. The number of hydrogen-bond acceptors (Lipinski definition) is 5. The second-order valence-electron chi connectivity index (χ2n) is 4.65. The second kappa shape index (κ2) is 4.96. The van der Waals surface area contributed by atoms with Crippen LogP contribution >= 0.6 is 0 Å². The minimum atomic E-state index is -0.794. The summed E-state index contributed by atoms with van der Waals surface area (Å²) in [5.74, 6) is 0.148. The van der Waals surface area contributed by atoms with E-state index in [-0.39, 0.29) is 18.1 Å². The summed E-state index contributed by atoms with van der Waals surface area (Å²) in [6, 6.07) is 1.50. The molecule has 6 heteroatoms. The molecule has 0 fully saturated rings. The zero-order chi connectivity index (χ0) is 15.0. The Morgan fingerprint density at radius 2 is 2.00 bits per heavy atom. The maximum absolute atomic E-state index is 11.1. The van der Waals surface area contributed by atoms with Crippen molar-refractivity contribution in [3.05, 3.63) is 22.9 Å². The number of aryl methyl sites for hydroxylation is 2. The van der Waals surface area contributed by atoms with Crippen LogP contribution in [0.1, 0.15) is 16.8 Å². The van der Waals surface area contributed by atoms with Crippen molar-refractivity contribution in [1.82, 2.24) is 4.57 Å². The average Bonchev–Trinajstić information content (AvgIpc) is 2.66. The molecule has 0 unspecified atom stereocenters. The van der Waals surface area contributed by atoms with Gasteiger partial charge in [-0.3, -0.25) is 0 Å². The molecule has 108 valence electrons. The maximum Gasteiger partial charge on any atom is 0.508 e. The lowest BCUT2D eigenvalue weighted by molar-refractivity contribution is 0.0670. The first kappa shape index (κ1) is 14.0. The number of aromatic nitrogens is 1. The van der Waals surface area contributed by atoms with Crippen LogP contribution in [-0.2, 0) is 23.1 Å². The highest BCUT2D eigenvalue weighted by Gasteiger charge is 2.21. The number of aromatic hydroxyl groups is 2. The highest BCUT2D eigenvalue weighted by Crippen LogP contribution is 2.40. The van der Waals surface area contributed by atoms with Crippen LogP contribution < -0.4 is 0 Å². The molecule has 2 aromatic rings. The van der Waals surface area contributed by atoms with E-state index in [9.17, 15) is 15.0 Å². The van der Waals surface area contributed by atoms with Gasteiger partial charge in [0.2, 0.25) is 0 Å². The van der Waals surface area contributed by atoms with Crippen molar-refractivity contribution in [2.24, 2.45) is 7.05 Å². The summed E-state index contributed by atoms with van der Waals surface area (Å²) >= 11 is 0. The Morgan fingerprint density at radius 3 is 2.60 bits per heavy atom. The molecule has 0 aliphatic heterocycles. The lowest BCUT2D eigenvalue weighted by atomic mass is 10.1. The Balaban J connectivity index is 2.65. The van der Waals surface area contributed by atoms with E-state index in [4.69, 9.17) is 4.74 Å². The molecule has 0 saturated heterocycles. The van der Waals surface area contributed by atoms with Gasteiger partial charge in [0.05, 0.1) is 18.0 Å². The van der Waals surface area contributed by atoms with Crippen LogP contribution in [0.2, 0.25) is 0 Å². The molecule has 0 aliphatic carbocycles. The number of fused-ring (bicyclic) bond motifs is 1. The number of carbonyl (C=O) groups is 1. The summed E-state index contributed by atoms with van der Waals surface area (Å²) in [6.45, 7) is 3.48. The van der Waals surface area contributed by atoms with E-state index in [1.165, 1.54) is 13.2 Å². The zero-order valence-corrected chi connectivity index (χ0v) is 11.9. The molecule has 0 bridgehead atoms. The van der Waals surface area contributed by atoms with E-state index in [2.05, 4.69) is 4.74 Å². The van der Waals surface area contributed by atoms with Crippen molar-refractivity contribution < 1.29 is 24.5 Å². The third kappa shape index (κ3) is 2.03. The summed E-state index contributed by atoms with van der Waals surface area (Å²) in [5, 5.41) is 20.8. The number of phenolic OH excluding ortho intramolecular Hbond substituents is 2. The third-order valence-electron chi connectivity index (χ3n) is 3.52. The Labute approximate surface area is 116 Å². The molecular formula is C14H17NO5. The minimum Gasteiger partial charge on any atom is -0.507 e. The third-order valence-corrected chi connectivity index (χ3v) is 3.52. The molecule has 1 aromatic heterocycles. The van der Waals surface area contributed by atoms with Crippen LogP contribution in [0.5, 0.6) is 11.5 Å². The normalized spacial score (nSPS) is 10.8. The smallest absolute Gasteiger partial charge is 0.507 e. The highest BCUT2D eigenvalue weighted by molar-refractivity contribution is 5.96. The molecule has 2 rings (SSSR count). The van der Waals surface area contributed by atoms with Crippen LogP contribution in [0, 0.1) is 13.8 Å². The van der Waals surface area contributed by atoms with E-state index in [0.717, 1.165) is 5.69 Å². The monoisotopic (exact) mass is 279 g/mol. The van der Waals surface area contributed by atoms with E-state index >= 15 is 0 Å². The van der Waals surface area contributed by atoms with Crippen LogP contribution in [0.25, 0.3) is 10.9 Å². The number of nitrogens with zero attached hydrogens (tertiary/aromatic N) is 1. The van der Waals surface area contributed by atoms with Crippen LogP contribution in [0.3, 0.4) is 0 Å². The fraction of sp³-hybridized carbons (Fsp3) is 0.357. The molecule has 2 N–H and O–H groups in total. The largest absolute Gasteiger partial charge is 0.508 e. The lowest BCUT2D eigenvalue weighted by Crippen LogP contribution is -2.05. The zero-order valence-electron chi connectivity index (χ0n) is 11.9. The minimum absolute atomic E-state index is 0.0354. The summed E-state index contributed by atoms with van der Waals surface area (Å²) < 4.78 is 11.1. The highest BCUT2D eigenvalue weighted by atomic mass is 16.7. The number of ether oxygens (including phenoxy) is 2. The van der Waals surface area contributed by atoms with E-state index in [1.54, 1.807) is 18.5 Å². The van der Waals surface area contributed by atoms with Crippen molar-refractivity contribution in [3.63, 3.8) is 0 Å². The van der Waals surface area contributed by atoms with Crippen molar-refractivity contribution in [1.29, 1.82) is 0 Å². The molecule has 0 spiro atoms. The number of methoxy groups -OCH3 is 1. The van der Waals surface area contributed by atoms with E-state index in [0.29, 0.717) is 22.0 Å². The molecule has 0 atom stereocenters.